The standard InChI is InChI=1S/C17H30N4O3/c1-24-17(23)13-4-2-3-5-14(13)20-16(22)15-7-6-12(10-19-15)21-9-8-18-11-21/h12-15,18-19H,2-11H2,1H3,(H,20,22). The van der Waals surface area contributed by atoms with Crippen LogP contribution in [-0.2, 0) is 14.3 Å². The van der Waals surface area contributed by atoms with Crippen molar-refractivity contribution in [3.05, 3.63) is 0 Å². The highest BCUT2D eigenvalue weighted by atomic mass is 16.5. The second-order valence-electron chi connectivity index (χ2n) is 7.19. The van der Waals surface area contributed by atoms with E-state index in [2.05, 4.69) is 20.9 Å². The molecule has 2 heterocycles. The third kappa shape index (κ3) is 4.07. The van der Waals surface area contributed by atoms with Crippen LogP contribution in [0.2, 0.25) is 0 Å². The van der Waals surface area contributed by atoms with Gasteiger partial charge in [0.05, 0.1) is 19.1 Å². The van der Waals surface area contributed by atoms with Crippen LogP contribution in [0.1, 0.15) is 38.5 Å². The maximum Gasteiger partial charge on any atom is 0.310 e. The fourth-order valence-electron chi connectivity index (χ4n) is 4.23. The quantitative estimate of drug-likeness (QED) is 0.617. The van der Waals surface area contributed by atoms with Crippen LogP contribution in [0.5, 0.6) is 0 Å². The first-order valence-corrected chi connectivity index (χ1v) is 9.25. The first-order valence-electron chi connectivity index (χ1n) is 9.25. The fourth-order valence-corrected chi connectivity index (χ4v) is 4.23. The number of rotatable bonds is 4. The molecule has 0 bridgehead atoms. The van der Waals surface area contributed by atoms with Gasteiger partial charge in [-0.15, -0.1) is 0 Å². The molecule has 0 spiro atoms. The topological polar surface area (TPSA) is 82.7 Å². The minimum absolute atomic E-state index is 0.0359. The number of carbonyl (C=O) groups is 2. The van der Waals surface area contributed by atoms with Crippen molar-refractivity contribution in [1.29, 1.82) is 0 Å². The van der Waals surface area contributed by atoms with Crippen molar-refractivity contribution in [2.75, 3.05) is 33.4 Å². The highest BCUT2D eigenvalue weighted by Gasteiger charge is 2.35. The van der Waals surface area contributed by atoms with E-state index in [9.17, 15) is 9.59 Å². The molecule has 4 atom stereocenters. The van der Waals surface area contributed by atoms with E-state index >= 15 is 0 Å². The molecule has 24 heavy (non-hydrogen) atoms. The van der Waals surface area contributed by atoms with Gasteiger partial charge in [-0.25, -0.2) is 0 Å². The first kappa shape index (κ1) is 17.6. The number of nitrogens with zero attached hydrogens (tertiary/aromatic N) is 1. The minimum atomic E-state index is -0.196. The van der Waals surface area contributed by atoms with E-state index in [0.29, 0.717) is 6.04 Å². The lowest BCUT2D eigenvalue weighted by atomic mass is 9.84. The van der Waals surface area contributed by atoms with Crippen LogP contribution in [0.15, 0.2) is 0 Å². The van der Waals surface area contributed by atoms with E-state index in [1.165, 1.54) is 7.11 Å². The van der Waals surface area contributed by atoms with Gasteiger partial charge in [-0.1, -0.05) is 12.8 Å². The number of ether oxygens (including phenoxy) is 1. The van der Waals surface area contributed by atoms with Crippen molar-refractivity contribution in [3.63, 3.8) is 0 Å². The summed E-state index contributed by atoms with van der Waals surface area (Å²) < 4.78 is 4.90. The van der Waals surface area contributed by atoms with Crippen LogP contribution < -0.4 is 16.0 Å². The molecule has 2 aliphatic heterocycles. The van der Waals surface area contributed by atoms with Crippen LogP contribution in [0.3, 0.4) is 0 Å². The lowest BCUT2D eigenvalue weighted by molar-refractivity contribution is -0.147. The largest absolute Gasteiger partial charge is 0.469 e. The lowest BCUT2D eigenvalue weighted by Gasteiger charge is -2.36. The van der Waals surface area contributed by atoms with Crippen LogP contribution in [0, 0.1) is 5.92 Å². The molecule has 0 aromatic rings. The number of nitrogens with one attached hydrogen (secondary N) is 3. The van der Waals surface area contributed by atoms with Gasteiger partial charge >= 0.3 is 5.97 Å². The summed E-state index contributed by atoms with van der Waals surface area (Å²) in [6.07, 6.45) is 5.64. The summed E-state index contributed by atoms with van der Waals surface area (Å²) in [4.78, 5) is 27.0. The van der Waals surface area contributed by atoms with E-state index < -0.39 is 0 Å². The van der Waals surface area contributed by atoms with Crippen molar-refractivity contribution in [2.45, 2.75) is 56.7 Å². The Morgan fingerprint density at radius 1 is 1.17 bits per heavy atom. The van der Waals surface area contributed by atoms with Gasteiger partial charge in [0.25, 0.3) is 0 Å². The first-order chi connectivity index (χ1) is 11.7. The molecule has 4 unspecified atom stereocenters. The molecule has 1 aliphatic carbocycles. The van der Waals surface area contributed by atoms with Gasteiger partial charge in [0.2, 0.25) is 5.91 Å². The molecule has 3 N–H and O–H groups in total. The van der Waals surface area contributed by atoms with Crippen molar-refractivity contribution < 1.29 is 14.3 Å². The van der Waals surface area contributed by atoms with Gasteiger partial charge < -0.3 is 20.7 Å². The third-order valence-electron chi connectivity index (χ3n) is 5.71. The molecule has 3 rings (SSSR count). The van der Waals surface area contributed by atoms with E-state index in [0.717, 1.165) is 64.8 Å². The van der Waals surface area contributed by atoms with Crippen molar-refractivity contribution in [2.24, 2.45) is 5.92 Å². The Morgan fingerprint density at radius 2 is 2.00 bits per heavy atom. The Labute approximate surface area is 143 Å². The Morgan fingerprint density at radius 3 is 2.67 bits per heavy atom. The summed E-state index contributed by atoms with van der Waals surface area (Å²) in [7, 11) is 1.42. The Kier molecular flexibility index (Phi) is 6.08. The Bertz CT molecular complexity index is 445. The van der Waals surface area contributed by atoms with Crippen molar-refractivity contribution in [1.82, 2.24) is 20.9 Å². The fraction of sp³-hybridized carbons (Fsp3) is 0.882. The molecule has 136 valence electrons. The summed E-state index contributed by atoms with van der Waals surface area (Å²) in [6, 6.07) is 0.291. The number of amides is 1. The van der Waals surface area contributed by atoms with Gasteiger partial charge in [-0.05, 0) is 25.7 Å². The Hall–Kier alpha value is -1.18. The SMILES string of the molecule is COC(=O)C1CCCCC1NC(=O)C1CCC(N2CCNC2)CN1. The zero-order chi connectivity index (χ0) is 16.9. The predicted octanol–water partition coefficient (Wildman–Crippen LogP) is -0.182. The van der Waals surface area contributed by atoms with E-state index in [1.54, 1.807) is 0 Å². The smallest absolute Gasteiger partial charge is 0.310 e. The molecule has 2 saturated heterocycles. The highest BCUT2D eigenvalue weighted by Crippen LogP contribution is 2.26. The second kappa shape index (κ2) is 8.27. The Balaban J connectivity index is 1.48. The van der Waals surface area contributed by atoms with E-state index in [4.69, 9.17) is 4.74 Å². The van der Waals surface area contributed by atoms with E-state index in [-0.39, 0.29) is 29.9 Å². The van der Waals surface area contributed by atoms with Crippen LogP contribution in [-0.4, -0.2) is 68.3 Å². The average Bonchev–Trinajstić information content (AvgIpc) is 3.16. The summed E-state index contributed by atoms with van der Waals surface area (Å²) >= 11 is 0. The summed E-state index contributed by atoms with van der Waals surface area (Å²) in [5.74, 6) is -0.355. The maximum atomic E-state index is 12.6. The number of piperidine rings is 1. The number of hydrogen-bond acceptors (Lipinski definition) is 6. The molecule has 1 saturated carbocycles. The minimum Gasteiger partial charge on any atom is -0.469 e. The van der Waals surface area contributed by atoms with Crippen LogP contribution in [0.4, 0.5) is 0 Å². The number of esters is 1. The van der Waals surface area contributed by atoms with E-state index in [1.807, 2.05) is 0 Å². The molecule has 0 aromatic carbocycles. The van der Waals surface area contributed by atoms with Gasteiger partial charge in [0, 0.05) is 38.4 Å². The normalized spacial score (nSPS) is 34.7. The summed E-state index contributed by atoms with van der Waals surface area (Å²) in [6.45, 7) is 3.94. The molecule has 3 fully saturated rings. The predicted molar refractivity (Wildman–Crippen MR) is 90.3 cm³/mol. The zero-order valence-electron chi connectivity index (χ0n) is 14.6. The monoisotopic (exact) mass is 338 g/mol. The number of methoxy groups -OCH3 is 1. The van der Waals surface area contributed by atoms with Gasteiger partial charge in [0.15, 0.2) is 0 Å². The lowest BCUT2D eigenvalue weighted by Crippen LogP contribution is -2.57. The maximum absolute atomic E-state index is 12.6. The van der Waals surface area contributed by atoms with Crippen molar-refractivity contribution >= 4 is 11.9 Å². The van der Waals surface area contributed by atoms with Gasteiger partial charge in [-0.3, -0.25) is 14.5 Å². The van der Waals surface area contributed by atoms with Crippen LogP contribution in [0.25, 0.3) is 0 Å². The average molecular weight is 338 g/mol. The second-order valence-corrected chi connectivity index (χ2v) is 7.19. The summed E-state index contributed by atoms with van der Waals surface area (Å²) in [5.41, 5.74) is 0. The molecular weight excluding hydrogens is 308 g/mol. The zero-order valence-corrected chi connectivity index (χ0v) is 14.6. The third-order valence-corrected chi connectivity index (χ3v) is 5.71. The number of hydrogen-bond donors (Lipinski definition) is 3. The van der Waals surface area contributed by atoms with Gasteiger partial charge in [0.1, 0.15) is 0 Å². The highest BCUT2D eigenvalue weighted by molar-refractivity contribution is 5.83. The summed E-state index contributed by atoms with van der Waals surface area (Å²) in [5, 5.41) is 9.86. The number of carbonyl (C=O) groups excluding carboxylic acids is 2. The molecule has 7 nitrogen and oxygen atoms in total. The molecule has 0 radical (unpaired) electrons. The molecule has 0 aromatic heterocycles. The van der Waals surface area contributed by atoms with Crippen LogP contribution >= 0.6 is 0 Å². The van der Waals surface area contributed by atoms with Gasteiger partial charge in [-0.2, -0.15) is 0 Å². The molecule has 7 heteroatoms. The van der Waals surface area contributed by atoms with Crippen molar-refractivity contribution in [3.8, 4) is 0 Å². The molecule has 1 amide bonds. The molecule has 3 aliphatic rings. The molecular formula is C17H30N4O3.